The molecule has 0 spiro atoms. The van der Waals surface area contributed by atoms with Crippen LogP contribution >= 0.6 is 11.3 Å². The summed E-state index contributed by atoms with van der Waals surface area (Å²) in [7, 11) is 0. The zero-order chi connectivity index (χ0) is 32.8. The number of rotatable bonds is 4. The Morgan fingerprint density at radius 2 is 1.30 bits per heavy atom. The van der Waals surface area contributed by atoms with Crippen molar-refractivity contribution >= 4 is 98.4 Å². The second-order valence-electron chi connectivity index (χ2n) is 13.2. The number of thiophene rings is 1. The summed E-state index contributed by atoms with van der Waals surface area (Å²) in [4.78, 5) is 2.50. The van der Waals surface area contributed by atoms with Gasteiger partial charge >= 0.3 is 0 Å². The van der Waals surface area contributed by atoms with Crippen LogP contribution in [0, 0.1) is 0 Å². The average molecular weight is 659 g/mol. The van der Waals surface area contributed by atoms with Crippen molar-refractivity contribution in [2.75, 3.05) is 4.90 Å². The zero-order valence-electron chi connectivity index (χ0n) is 27.1. The standard InChI is InChI=1S/C46H30N2OS/c1-2-13-30-26-31(25-24-29(30)12-1)47(40-20-11-22-43-45(40)36-17-5-9-21-42(36)49-43)41-28-32(27-37-35-16-6-10-23-44(35)50-46(37)41)48-38-18-7-3-14-33(38)34-15-4-8-19-39(34)48/h1,3-12,14-28H,2,13H2. The summed E-state index contributed by atoms with van der Waals surface area (Å²) in [5.74, 6) is 0. The van der Waals surface area contributed by atoms with Gasteiger partial charge in [0.05, 0.1) is 32.5 Å². The van der Waals surface area contributed by atoms with Crippen LogP contribution < -0.4 is 4.90 Å². The van der Waals surface area contributed by atoms with E-state index >= 15 is 0 Å². The van der Waals surface area contributed by atoms with Crippen LogP contribution in [-0.2, 0) is 6.42 Å². The van der Waals surface area contributed by atoms with Gasteiger partial charge in [0.1, 0.15) is 11.2 Å². The number of hydrogen-bond acceptors (Lipinski definition) is 3. The van der Waals surface area contributed by atoms with Gasteiger partial charge in [-0.25, -0.2) is 0 Å². The third-order valence-electron chi connectivity index (χ3n) is 10.4. The minimum Gasteiger partial charge on any atom is -0.456 e. The van der Waals surface area contributed by atoms with Gasteiger partial charge in [-0.2, -0.15) is 0 Å². The van der Waals surface area contributed by atoms with Crippen LogP contribution in [0.2, 0.25) is 0 Å². The molecule has 0 bridgehead atoms. The lowest BCUT2D eigenvalue weighted by atomic mass is 9.96. The molecule has 0 unspecified atom stereocenters. The summed E-state index contributed by atoms with van der Waals surface area (Å²) in [5.41, 5.74) is 11.4. The monoisotopic (exact) mass is 658 g/mol. The van der Waals surface area contributed by atoms with E-state index in [0.717, 1.165) is 57.5 Å². The molecule has 11 rings (SSSR count). The number of aryl methyl sites for hydroxylation is 1. The molecule has 1 aliphatic rings. The largest absolute Gasteiger partial charge is 0.456 e. The fourth-order valence-electron chi connectivity index (χ4n) is 8.20. The molecule has 3 aromatic heterocycles. The summed E-state index contributed by atoms with van der Waals surface area (Å²) in [6.07, 6.45) is 6.65. The Bertz CT molecular complexity index is 2960. The fraction of sp³-hybridized carbons (Fsp3) is 0.0435. The summed E-state index contributed by atoms with van der Waals surface area (Å²) < 4.78 is 11.5. The average Bonchev–Trinajstić information content (AvgIpc) is 3.85. The first-order valence-corrected chi connectivity index (χ1v) is 18.1. The molecule has 0 fully saturated rings. The minimum atomic E-state index is 0.890. The molecule has 0 aliphatic heterocycles. The van der Waals surface area contributed by atoms with Gasteiger partial charge in [0, 0.05) is 43.0 Å². The van der Waals surface area contributed by atoms with Gasteiger partial charge in [0.25, 0.3) is 0 Å². The highest BCUT2D eigenvalue weighted by atomic mass is 32.1. The second kappa shape index (κ2) is 10.7. The van der Waals surface area contributed by atoms with Crippen molar-refractivity contribution in [3.8, 4) is 5.69 Å². The van der Waals surface area contributed by atoms with Crippen molar-refractivity contribution in [2.24, 2.45) is 0 Å². The predicted molar refractivity (Wildman–Crippen MR) is 213 cm³/mol. The summed E-state index contributed by atoms with van der Waals surface area (Å²) in [6, 6.07) is 53.1. The molecule has 50 heavy (non-hydrogen) atoms. The van der Waals surface area contributed by atoms with Gasteiger partial charge in [-0.15, -0.1) is 11.3 Å². The quantitative estimate of drug-likeness (QED) is 0.188. The Balaban J connectivity index is 1.30. The van der Waals surface area contributed by atoms with Gasteiger partial charge in [-0.05, 0) is 84.6 Å². The minimum absolute atomic E-state index is 0.890. The molecular formula is C46H30N2OS. The van der Waals surface area contributed by atoms with Gasteiger partial charge < -0.3 is 13.9 Å². The second-order valence-corrected chi connectivity index (χ2v) is 14.3. The highest BCUT2D eigenvalue weighted by Gasteiger charge is 2.25. The van der Waals surface area contributed by atoms with Gasteiger partial charge in [0.2, 0.25) is 0 Å². The van der Waals surface area contributed by atoms with E-state index in [4.69, 9.17) is 4.42 Å². The highest BCUT2D eigenvalue weighted by Crippen LogP contribution is 2.50. The van der Waals surface area contributed by atoms with Crippen molar-refractivity contribution in [3.63, 3.8) is 0 Å². The molecule has 3 heterocycles. The SMILES string of the molecule is C1=Cc2ccc(N(c3cc(-n4c5ccccc5c5ccccc54)cc4c3sc3ccccc34)c3cccc4oc5ccccc5c34)cc2CC1. The van der Waals surface area contributed by atoms with E-state index < -0.39 is 0 Å². The third kappa shape index (κ3) is 4.03. The van der Waals surface area contributed by atoms with Crippen molar-refractivity contribution in [2.45, 2.75) is 12.8 Å². The molecule has 0 saturated heterocycles. The van der Waals surface area contributed by atoms with Gasteiger partial charge in [-0.1, -0.05) is 97.1 Å². The number of hydrogen-bond donors (Lipinski definition) is 0. The number of benzene rings is 7. The number of allylic oxidation sites excluding steroid dienone is 1. The zero-order valence-corrected chi connectivity index (χ0v) is 28.0. The lowest BCUT2D eigenvalue weighted by Gasteiger charge is -2.28. The normalized spacial score (nSPS) is 13.0. The molecule has 0 radical (unpaired) electrons. The van der Waals surface area contributed by atoms with E-state index in [0.29, 0.717) is 0 Å². The van der Waals surface area contributed by atoms with E-state index in [1.165, 1.54) is 53.1 Å². The summed E-state index contributed by atoms with van der Waals surface area (Å²) in [5, 5.41) is 7.30. The fourth-order valence-corrected chi connectivity index (χ4v) is 9.39. The Kier molecular flexibility index (Phi) is 5.95. The molecule has 236 valence electrons. The smallest absolute Gasteiger partial charge is 0.137 e. The van der Waals surface area contributed by atoms with Crippen molar-refractivity contribution < 1.29 is 4.42 Å². The lowest BCUT2D eigenvalue weighted by Crippen LogP contribution is -2.12. The first-order chi connectivity index (χ1) is 24.8. The molecule has 0 N–H and O–H groups in total. The maximum Gasteiger partial charge on any atom is 0.137 e. The van der Waals surface area contributed by atoms with E-state index in [1.54, 1.807) is 0 Å². The van der Waals surface area contributed by atoms with Crippen LogP contribution in [0.4, 0.5) is 17.1 Å². The maximum atomic E-state index is 6.48. The Morgan fingerprint density at radius 1 is 0.580 bits per heavy atom. The number of anilines is 3. The molecular weight excluding hydrogens is 629 g/mol. The molecule has 10 aromatic rings. The van der Waals surface area contributed by atoms with Crippen LogP contribution in [-0.4, -0.2) is 4.57 Å². The topological polar surface area (TPSA) is 21.3 Å². The van der Waals surface area contributed by atoms with Gasteiger partial charge in [0.15, 0.2) is 0 Å². The van der Waals surface area contributed by atoms with Crippen LogP contribution in [0.25, 0.3) is 75.7 Å². The summed E-state index contributed by atoms with van der Waals surface area (Å²) >= 11 is 1.87. The number of furan rings is 1. The van der Waals surface area contributed by atoms with Crippen molar-refractivity contribution in [1.29, 1.82) is 0 Å². The molecule has 3 nitrogen and oxygen atoms in total. The van der Waals surface area contributed by atoms with Crippen molar-refractivity contribution in [3.05, 3.63) is 163 Å². The number of nitrogens with zero attached hydrogens (tertiary/aromatic N) is 2. The molecule has 4 heteroatoms. The Labute approximate surface area is 292 Å². The molecule has 7 aromatic carbocycles. The predicted octanol–water partition coefficient (Wildman–Crippen LogP) is 13.5. The molecule has 0 saturated carbocycles. The van der Waals surface area contributed by atoms with Crippen LogP contribution in [0.5, 0.6) is 0 Å². The molecule has 1 aliphatic carbocycles. The first-order valence-electron chi connectivity index (χ1n) is 17.2. The van der Waals surface area contributed by atoms with E-state index in [9.17, 15) is 0 Å². The lowest BCUT2D eigenvalue weighted by molar-refractivity contribution is 0.669. The van der Waals surface area contributed by atoms with Crippen LogP contribution in [0.15, 0.2) is 156 Å². The molecule has 0 amide bonds. The van der Waals surface area contributed by atoms with Crippen molar-refractivity contribution in [1.82, 2.24) is 4.57 Å². The number of fused-ring (bicyclic) bond motifs is 10. The van der Waals surface area contributed by atoms with E-state index in [1.807, 2.05) is 11.3 Å². The van der Waals surface area contributed by atoms with Gasteiger partial charge in [-0.3, -0.25) is 0 Å². The number of para-hydroxylation sites is 3. The van der Waals surface area contributed by atoms with Crippen LogP contribution in [0.1, 0.15) is 17.5 Å². The highest BCUT2D eigenvalue weighted by molar-refractivity contribution is 7.26. The maximum absolute atomic E-state index is 6.48. The summed E-state index contributed by atoms with van der Waals surface area (Å²) in [6.45, 7) is 0. The van der Waals surface area contributed by atoms with Crippen LogP contribution in [0.3, 0.4) is 0 Å². The molecule has 0 atom stereocenters. The Hall–Kier alpha value is -6.10. The van der Waals surface area contributed by atoms with E-state index in [2.05, 4.69) is 167 Å². The number of aromatic nitrogens is 1. The van der Waals surface area contributed by atoms with E-state index in [-0.39, 0.29) is 0 Å². The third-order valence-corrected chi connectivity index (χ3v) is 11.6. The first kappa shape index (κ1) is 27.8. The Morgan fingerprint density at radius 3 is 2.14 bits per heavy atom.